The van der Waals surface area contributed by atoms with E-state index in [-0.39, 0.29) is 0 Å². The molecule has 1 N–H and O–H groups in total. The molecule has 74 valence electrons. The lowest BCUT2D eigenvalue weighted by Crippen LogP contribution is -2.25. The number of aromatic nitrogens is 3. The van der Waals surface area contributed by atoms with Crippen LogP contribution in [0.5, 0.6) is 0 Å². The molecule has 1 heterocycles. The number of hydrogen-bond acceptors (Lipinski definition) is 3. The van der Waals surface area contributed by atoms with Gasteiger partial charge in [-0.2, -0.15) is 5.10 Å². The molecule has 0 aromatic carbocycles. The number of nitrogens with zero attached hydrogens (tertiary/aromatic N) is 3. The second kappa shape index (κ2) is 4.97. The second-order valence-electron chi connectivity index (χ2n) is 3.29. The quantitative estimate of drug-likeness (QED) is 0.733. The van der Waals surface area contributed by atoms with Crippen LogP contribution in [-0.4, -0.2) is 27.9 Å². The molecule has 1 unspecified atom stereocenters. The fourth-order valence-electron chi connectivity index (χ4n) is 1.22. The Bertz CT molecular complexity index is 244. The van der Waals surface area contributed by atoms with Crippen molar-refractivity contribution < 1.29 is 0 Å². The summed E-state index contributed by atoms with van der Waals surface area (Å²) in [6, 6.07) is 0.458. The molecule has 0 radical (unpaired) electrons. The summed E-state index contributed by atoms with van der Waals surface area (Å²) in [6.07, 6.45) is 3.67. The van der Waals surface area contributed by atoms with Crippen LogP contribution in [-0.2, 0) is 13.0 Å². The third kappa shape index (κ3) is 2.81. The van der Waals surface area contributed by atoms with Crippen LogP contribution in [0.1, 0.15) is 26.1 Å². The highest BCUT2D eigenvalue weighted by molar-refractivity contribution is 4.88. The van der Waals surface area contributed by atoms with Crippen LogP contribution in [0.3, 0.4) is 0 Å². The normalized spacial score (nSPS) is 13.2. The van der Waals surface area contributed by atoms with Crippen LogP contribution in [0.25, 0.3) is 0 Å². The Hall–Kier alpha value is -0.900. The van der Waals surface area contributed by atoms with Crippen LogP contribution >= 0.6 is 0 Å². The molecule has 13 heavy (non-hydrogen) atoms. The van der Waals surface area contributed by atoms with Gasteiger partial charge in [-0.05, 0) is 20.4 Å². The van der Waals surface area contributed by atoms with Gasteiger partial charge in [-0.3, -0.25) is 4.68 Å². The van der Waals surface area contributed by atoms with Gasteiger partial charge in [0.15, 0.2) is 0 Å². The van der Waals surface area contributed by atoms with E-state index in [2.05, 4.69) is 29.2 Å². The predicted octanol–water partition coefficient (Wildman–Crippen LogP) is 0.839. The van der Waals surface area contributed by atoms with Crippen LogP contribution < -0.4 is 5.32 Å². The first-order valence-electron chi connectivity index (χ1n) is 4.81. The lowest BCUT2D eigenvalue weighted by atomic mass is 10.2. The molecule has 0 aliphatic carbocycles. The maximum atomic E-state index is 4.23. The van der Waals surface area contributed by atoms with E-state index in [0.717, 1.165) is 25.2 Å². The van der Waals surface area contributed by atoms with E-state index in [4.69, 9.17) is 0 Å². The summed E-state index contributed by atoms with van der Waals surface area (Å²) < 4.78 is 1.98. The van der Waals surface area contributed by atoms with Gasteiger partial charge in [-0.15, -0.1) is 0 Å². The van der Waals surface area contributed by atoms with Crippen molar-refractivity contribution in [3.05, 3.63) is 12.2 Å². The van der Waals surface area contributed by atoms with Crippen molar-refractivity contribution in [3.8, 4) is 0 Å². The highest BCUT2D eigenvalue weighted by atomic mass is 15.3. The molecule has 4 nitrogen and oxygen atoms in total. The van der Waals surface area contributed by atoms with Gasteiger partial charge in [0.25, 0.3) is 0 Å². The summed E-state index contributed by atoms with van der Waals surface area (Å²) in [6.45, 7) is 5.25. The van der Waals surface area contributed by atoms with E-state index in [0.29, 0.717) is 6.04 Å². The Labute approximate surface area is 79.4 Å². The number of aryl methyl sites for hydroxylation is 1. The molecule has 0 bridgehead atoms. The molecule has 1 atom stereocenters. The van der Waals surface area contributed by atoms with Crippen molar-refractivity contribution in [1.82, 2.24) is 20.1 Å². The van der Waals surface area contributed by atoms with E-state index in [9.17, 15) is 0 Å². The molecule has 0 saturated carbocycles. The molecule has 1 aromatic rings. The monoisotopic (exact) mass is 182 g/mol. The van der Waals surface area contributed by atoms with Gasteiger partial charge in [0, 0.05) is 19.0 Å². The van der Waals surface area contributed by atoms with Crippen LogP contribution in [0, 0.1) is 0 Å². The van der Waals surface area contributed by atoms with E-state index < -0.39 is 0 Å². The average molecular weight is 182 g/mol. The Morgan fingerprint density at radius 2 is 2.38 bits per heavy atom. The van der Waals surface area contributed by atoms with Crippen LogP contribution in [0.15, 0.2) is 6.33 Å². The molecule has 1 aromatic heterocycles. The first-order valence-corrected chi connectivity index (χ1v) is 4.81. The van der Waals surface area contributed by atoms with Crippen molar-refractivity contribution in [2.75, 3.05) is 7.05 Å². The minimum absolute atomic E-state index is 0.458. The molecular formula is C9H18N4. The van der Waals surface area contributed by atoms with Crippen molar-refractivity contribution in [1.29, 1.82) is 0 Å². The zero-order valence-electron chi connectivity index (χ0n) is 8.62. The Balaban J connectivity index is 2.59. The summed E-state index contributed by atoms with van der Waals surface area (Å²) in [7, 11) is 1.96. The van der Waals surface area contributed by atoms with Gasteiger partial charge in [0.1, 0.15) is 12.2 Å². The topological polar surface area (TPSA) is 42.7 Å². The lowest BCUT2D eigenvalue weighted by molar-refractivity contribution is 0.525. The van der Waals surface area contributed by atoms with Crippen molar-refractivity contribution >= 4 is 0 Å². The minimum atomic E-state index is 0.458. The predicted molar refractivity (Wildman–Crippen MR) is 52.5 cm³/mol. The standard InChI is InChI=1S/C9H18N4/c1-4-5-13-9(11-7-12-13)6-8(2)10-3/h7-8,10H,4-6H2,1-3H3. The molecular weight excluding hydrogens is 164 g/mol. The third-order valence-electron chi connectivity index (χ3n) is 2.11. The van der Waals surface area contributed by atoms with Crippen LogP contribution in [0.4, 0.5) is 0 Å². The summed E-state index contributed by atoms with van der Waals surface area (Å²) in [5.41, 5.74) is 0. The average Bonchev–Trinajstić information content (AvgIpc) is 2.54. The highest BCUT2D eigenvalue weighted by Crippen LogP contribution is 1.99. The molecule has 1 rings (SSSR count). The fourth-order valence-corrected chi connectivity index (χ4v) is 1.22. The maximum Gasteiger partial charge on any atom is 0.138 e. The van der Waals surface area contributed by atoms with Gasteiger partial charge in [0.05, 0.1) is 0 Å². The Kier molecular flexibility index (Phi) is 3.89. The van der Waals surface area contributed by atoms with Gasteiger partial charge < -0.3 is 5.32 Å². The molecule has 0 fully saturated rings. The van der Waals surface area contributed by atoms with E-state index in [1.807, 2.05) is 11.7 Å². The molecule has 0 spiro atoms. The first-order chi connectivity index (χ1) is 6.27. The van der Waals surface area contributed by atoms with E-state index in [1.165, 1.54) is 0 Å². The maximum absolute atomic E-state index is 4.23. The number of likely N-dealkylation sites (N-methyl/N-ethyl adjacent to an activating group) is 1. The van der Waals surface area contributed by atoms with Crippen molar-refractivity contribution in [2.45, 2.75) is 39.3 Å². The van der Waals surface area contributed by atoms with Crippen LogP contribution in [0.2, 0.25) is 0 Å². The molecule has 0 saturated heterocycles. The number of hydrogen-bond donors (Lipinski definition) is 1. The molecule has 0 amide bonds. The summed E-state index contributed by atoms with van der Waals surface area (Å²) in [5.74, 6) is 1.07. The number of nitrogens with one attached hydrogen (secondary N) is 1. The molecule has 4 heteroatoms. The van der Waals surface area contributed by atoms with Gasteiger partial charge in [-0.1, -0.05) is 6.92 Å². The minimum Gasteiger partial charge on any atom is -0.317 e. The summed E-state index contributed by atoms with van der Waals surface area (Å²) in [4.78, 5) is 4.23. The summed E-state index contributed by atoms with van der Waals surface area (Å²) in [5, 5.41) is 7.36. The van der Waals surface area contributed by atoms with Gasteiger partial charge in [0.2, 0.25) is 0 Å². The van der Waals surface area contributed by atoms with E-state index in [1.54, 1.807) is 6.33 Å². The second-order valence-corrected chi connectivity index (χ2v) is 3.29. The van der Waals surface area contributed by atoms with Crippen molar-refractivity contribution in [3.63, 3.8) is 0 Å². The largest absolute Gasteiger partial charge is 0.317 e. The lowest BCUT2D eigenvalue weighted by Gasteiger charge is -2.09. The molecule has 0 aliphatic rings. The third-order valence-corrected chi connectivity index (χ3v) is 2.11. The summed E-state index contributed by atoms with van der Waals surface area (Å²) >= 11 is 0. The van der Waals surface area contributed by atoms with Gasteiger partial charge >= 0.3 is 0 Å². The fraction of sp³-hybridized carbons (Fsp3) is 0.778. The Morgan fingerprint density at radius 1 is 1.62 bits per heavy atom. The Morgan fingerprint density at radius 3 is 3.00 bits per heavy atom. The zero-order chi connectivity index (χ0) is 9.68. The highest BCUT2D eigenvalue weighted by Gasteiger charge is 2.06. The zero-order valence-corrected chi connectivity index (χ0v) is 8.62. The smallest absolute Gasteiger partial charge is 0.138 e. The van der Waals surface area contributed by atoms with E-state index >= 15 is 0 Å². The van der Waals surface area contributed by atoms with Crippen molar-refractivity contribution in [2.24, 2.45) is 0 Å². The molecule has 0 aliphatic heterocycles. The SMILES string of the molecule is CCCn1ncnc1CC(C)NC. The van der Waals surface area contributed by atoms with Gasteiger partial charge in [-0.25, -0.2) is 4.98 Å². The first kappa shape index (κ1) is 10.2. The number of rotatable bonds is 5.